The van der Waals surface area contributed by atoms with Crippen molar-refractivity contribution in [1.29, 1.82) is 0 Å². The number of cyclic esters (lactones) is 1. The topological polar surface area (TPSA) is 203 Å². The van der Waals surface area contributed by atoms with Crippen LogP contribution in [0.15, 0.2) is 47.6 Å². The van der Waals surface area contributed by atoms with E-state index in [0.717, 1.165) is 10.5 Å². The summed E-state index contributed by atoms with van der Waals surface area (Å²) in [7, 11) is 2.80. The number of alkyl halides is 2. The van der Waals surface area contributed by atoms with Gasteiger partial charge >= 0.3 is 12.6 Å². The number of rotatable bonds is 12. The average molecular weight is 1050 g/mol. The van der Waals surface area contributed by atoms with Gasteiger partial charge in [0, 0.05) is 51.4 Å². The Bertz CT molecular complexity index is 1990. The number of amides is 1. The molecule has 5 aliphatic rings. The predicted octanol–water partition coefficient (Wildman–Crippen LogP) is 7.21. The zero-order valence-corrected chi connectivity index (χ0v) is 45.1. The maximum Gasteiger partial charge on any atom is 0.345 e. The van der Waals surface area contributed by atoms with Gasteiger partial charge in [-0.05, 0) is 107 Å². The normalized spacial score (nSPS) is 38.2. The van der Waals surface area contributed by atoms with Crippen molar-refractivity contribution in [2.24, 2.45) is 35.5 Å². The first-order valence-corrected chi connectivity index (χ1v) is 26.9. The fourth-order valence-corrected chi connectivity index (χ4v) is 11.0. The Labute approximate surface area is 436 Å². The minimum absolute atomic E-state index is 0.00337. The summed E-state index contributed by atoms with van der Waals surface area (Å²) in [5.74, 6) is -8.84. The third kappa shape index (κ3) is 17.0. The fourth-order valence-electron chi connectivity index (χ4n) is 11.0. The monoisotopic (exact) mass is 1050 g/mol. The molecule has 418 valence electrons. The first-order chi connectivity index (χ1) is 35.2. The second kappa shape index (κ2) is 29.2. The van der Waals surface area contributed by atoms with Crippen LogP contribution >= 0.6 is 0 Å². The molecule has 5 rings (SSSR count). The van der Waals surface area contributed by atoms with Crippen molar-refractivity contribution in [1.82, 2.24) is 4.90 Å². The lowest BCUT2D eigenvalue weighted by atomic mass is 9.78. The Morgan fingerprint density at radius 1 is 0.851 bits per heavy atom. The number of fused-ring (bicyclic) bond motifs is 3. The van der Waals surface area contributed by atoms with E-state index in [0.29, 0.717) is 83.2 Å². The highest BCUT2D eigenvalue weighted by molar-refractivity contribution is 6.39. The third-order valence-corrected chi connectivity index (χ3v) is 15.8. The maximum atomic E-state index is 14.5. The van der Waals surface area contributed by atoms with Crippen LogP contribution in [0.2, 0.25) is 0 Å². The largest absolute Gasteiger partial charge is 0.460 e. The molecule has 0 aromatic carbocycles. The standard InChI is InChI=1S/C56H85F2NO15/c1-33-15-11-10-12-16-34(2)46(71-24-23-70-42-31-69-32-42)29-41-20-18-39(7)56(66,74-41)52(63)53(64)59-22-14-13-17-43(59)54(65)72-47(36(4)27-40-19-21-45(73-55(57)58)48(28-40)67-8)30-44(60)35(3)26-38(6)50(62)51(68-9)49(61)37(5)25-33/h10-12,15-16,26,33,35-37,39-43,45-48,50-51,55,62,66H,13-14,17-25,27-32H2,1-9H3/b12-10+,15-11+,34-16+,38-26+/t33-,35-,36-,37-,39-,40+,41+,43+,45-,46?,47+,48-,50-,51+,56-/m1/s1. The third-order valence-electron chi connectivity index (χ3n) is 15.8. The molecule has 4 fully saturated rings. The van der Waals surface area contributed by atoms with Crippen molar-refractivity contribution in [3.05, 3.63) is 47.6 Å². The lowest BCUT2D eigenvalue weighted by molar-refractivity contribution is -0.266. The number of nitrogens with zero attached hydrogens (tertiary/aromatic N) is 1. The fraction of sp³-hybridized carbons (Fsp3) is 0.768. The summed E-state index contributed by atoms with van der Waals surface area (Å²) in [5.41, 5.74) is 1.18. The van der Waals surface area contributed by atoms with E-state index in [9.17, 15) is 43.0 Å². The molecule has 4 aliphatic heterocycles. The van der Waals surface area contributed by atoms with Crippen molar-refractivity contribution in [3.8, 4) is 0 Å². The van der Waals surface area contributed by atoms with E-state index in [2.05, 4.69) is 0 Å². The van der Waals surface area contributed by atoms with Crippen LogP contribution in [0.3, 0.4) is 0 Å². The van der Waals surface area contributed by atoms with Crippen LogP contribution in [0.25, 0.3) is 0 Å². The molecular formula is C56H85F2NO15. The highest BCUT2D eigenvalue weighted by Crippen LogP contribution is 2.38. The zero-order chi connectivity index (χ0) is 54.3. The van der Waals surface area contributed by atoms with Crippen LogP contribution in [0.5, 0.6) is 0 Å². The van der Waals surface area contributed by atoms with Gasteiger partial charge in [-0.2, -0.15) is 8.78 Å². The Balaban J connectivity index is 1.46. The van der Waals surface area contributed by atoms with E-state index in [4.69, 9.17) is 37.9 Å². The summed E-state index contributed by atoms with van der Waals surface area (Å²) < 4.78 is 72.5. The summed E-state index contributed by atoms with van der Waals surface area (Å²) in [6.45, 7) is 11.1. The highest BCUT2D eigenvalue weighted by atomic mass is 19.3. The number of ether oxygens (including phenoxy) is 8. The molecule has 1 aliphatic carbocycles. The molecule has 4 heterocycles. The van der Waals surface area contributed by atoms with Crippen LogP contribution in [0, 0.1) is 35.5 Å². The lowest BCUT2D eigenvalue weighted by Crippen LogP contribution is -2.61. The molecule has 0 spiro atoms. The van der Waals surface area contributed by atoms with Crippen LogP contribution < -0.4 is 0 Å². The Morgan fingerprint density at radius 2 is 1.58 bits per heavy atom. The predicted molar refractivity (Wildman–Crippen MR) is 270 cm³/mol. The van der Waals surface area contributed by atoms with Gasteiger partial charge in [-0.15, -0.1) is 0 Å². The van der Waals surface area contributed by atoms with Gasteiger partial charge < -0.3 is 53.0 Å². The first kappa shape index (κ1) is 61.3. The number of hydrogen-bond donors (Lipinski definition) is 2. The number of halogens is 2. The number of ketones is 3. The number of esters is 1. The van der Waals surface area contributed by atoms with Crippen LogP contribution in [-0.2, 0) is 61.9 Å². The second-order valence-electron chi connectivity index (χ2n) is 21.6. The Kier molecular flexibility index (Phi) is 24.2. The molecule has 1 amide bonds. The van der Waals surface area contributed by atoms with Gasteiger partial charge in [-0.3, -0.25) is 19.2 Å². The van der Waals surface area contributed by atoms with Crippen molar-refractivity contribution < 1.29 is 80.9 Å². The summed E-state index contributed by atoms with van der Waals surface area (Å²) >= 11 is 0. The Morgan fingerprint density at radius 3 is 2.26 bits per heavy atom. The summed E-state index contributed by atoms with van der Waals surface area (Å²) in [6.07, 6.45) is 8.96. The van der Waals surface area contributed by atoms with Gasteiger partial charge in [0.25, 0.3) is 11.7 Å². The SMILES string of the molecule is CO[C@@H]1C[C@H](C[C@@H](C)[C@@H]2CC(=O)[C@H](C)/C=C(\C)[C@@H](O)[C@@H](OC)C(=O)[C@H](C)C[C@H](C)/C=C/C=C/C=C(\C)C(OCCOC3COC3)C[C@@H]3CC[C@@H](C)[C@@](O)(O3)C(=O)C(=O)N3CCCC[C@H]3C(=O)O2)CC[C@H]1OC(F)F. The van der Waals surface area contributed by atoms with Crippen LogP contribution in [0.4, 0.5) is 8.78 Å². The number of carbonyl (C=O) groups excluding carboxylic acids is 5. The molecule has 0 radical (unpaired) electrons. The lowest BCUT2D eigenvalue weighted by Gasteiger charge is -2.43. The number of aliphatic hydroxyl groups is 2. The molecule has 2 bridgehead atoms. The van der Waals surface area contributed by atoms with Gasteiger partial charge in [0.05, 0.1) is 50.8 Å². The first-order valence-electron chi connectivity index (χ1n) is 26.9. The molecule has 18 heteroatoms. The van der Waals surface area contributed by atoms with Gasteiger partial charge in [0.2, 0.25) is 5.79 Å². The number of carbonyl (C=O) groups is 5. The summed E-state index contributed by atoms with van der Waals surface area (Å²) in [4.78, 5) is 72.6. The molecule has 0 aromatic heterocycles. The summed E-state index contributed by atoms with van der Waals surface area (Å²) in [6, 6.07) is -1.22. The van der Waals surface area contributed by atoms with Gasteiger partial charge in [-0.1, -0.05) is 71.1 Å². The molecule has 1 saturated carbocycles. The van der Waals surface area contributed by atoms with E-state index >= 15 is 0 Å². The quantitative estimate of drug-likeness (QED) is 0.0858. The molecule has 2 N–H and O–H groups in total. The highest BCUT2D eigenvalue weighted by Gasteiger charge is 2.53. The van der Waals surface area contributed by atoms with Crippen molar-refractivity contribution in [2.45, 2.75) is 193 Å². The molecule has 1 unspecified atom stereocenters. The number of Topliss-reactive ketones (excluding diaryl/α,β-unsaturated/α-hetero) is 3. The number of methoxy groups -OCH3 is 2. The average Bonchev–Trinajstić information content (AvgIpc) is 3.35. The molecule has 15 atom stereocenters. The van der Waals surface area contributed by atoms with Gasteiger partial charge in [0.15, 0.2) is 5.78 Å². The van der Waals surface area contributed by atoms with Crippen LogP contribution in [0.1, 0.15) is 126 Å². The van der Waals surface area contributed by atoms with Crippen LogP contribution in [-0.4, -0.2) is 159 Å². The number of aliphatic hydroxyl groups excluding tert-OH is 1. The van der Waals surface area contributed by atoms with E-state index in [1.54, 1.807) is 33.8 Å². The van der Waals surface area contributed by atoms with E-state index < -0.39 is 102 Å². The van der Waals surface area contributed by atoms with Gasteiger partial charge in [-0.25, -0.2) is 4.79 Å². The van der Waals surface area contributed by atoms with E-state index in [1.165, 1.54) is 14.2 Å². The van der Waals surface area contributed by atoms with E-state index in [-0.39, 0.29) is 61.9 Å². The van der Waals surface area contributed by atoms with Crippen molar-refractivity contribution in [3.63, 3.8) is 0 Å². The summed E-state index contributed by atoms with van der Waals surface area (Å²) in [5, 5.41) is 23.7. The molecule has 74 heavy (non-hydrogen) atoms. The van der Waals surface area contributed by atoms with Crippen molar-refractivity contribution in [2.75, 3.05) is 47.2 Å². The minimum atomic E-state index is -2.96. The molecule has 0 aromatic rings. The number of allylic oxidation sites excluding steroid dienone is 6. The minimum Gasteiger partial charge on any atom is -0.460 e. The second-order valence-corrected chi connectivity index (χ2v) is 21.6. The maximum absolute atomic E-state index is 14.5. The van der Waals surface area contributed by atoms with E-state index in [1.807, 2.05) is 51.2 Å². The number of hydrogen-bond acceptors (Lipinski definition) is 15. The molecule has 3 saturated heterocycles. The van der Waals surface area contributed by atoms with Crippen molar-refractivity contribution >= 4 is 29.2 Å². The number of piperidine rings is 1. The van der Waals surface area contributed by atoms with Gasteiger partial charge in [0.1, 0.15) is 36.2 Å². The smallest absolute Gasteiger partial charge is 0.345 e. The zero-order valence-electron chi connectivity index (χ0n) is 45.1. The molecule has 16 nitrogen and oxygen atoms in total. The Hall–Kier alpha value is -3.59. The molecular weight excluding hydrogens is 965 g/mol.